The van der Waals surface area contributed by atoms with Crippen molar-refractivity contribution in [2.75, 3.05) is 0 Å². The zero-order valence-electron chi connectivity index (χ0n) is 32.1. The van der Waals surface area contributed by atoms with Crippen LogP contribution in [0.1, 0.15) is 0 Å². The largest absolute Gasteiger partial charge is 0.456 e. The average molecular weight is 769 g/mol. The van der Waals surface area contributed by atoms with Crippen molar-refractivity contribution in [2.45, 2.75) is 0 Å². The fourth-order valence-corrected chi connectivity index (χ4v) is 9.83. The first-order valence-corrected chi connectivity index (χ1v) is 19.8. The maximum Gasteiger partial charge on any atom is 0.164 e. The molecule has 11 aromatic rings. The maximum atomic E-state index is 7.06. The normalized spacial score (nSPS) is 11.9. The van der Waals surface area contributed by atoms with E-state index in [4.69, 9.17) is 97.8 Å². The number of nitrogens with zero attached hydrogens (tertiary/aromatic N) is 4. The topological polar surface area (TPSA) is 56.7 Å². The Balaban J connectivity index is 1.15. The van der Waals surface area contributed by atoms with Gasteiger partial charge in [0, 0.05) is 70.4 Å². The van der Waals surface area contributed by atoms with Crippen molar-refractivity contribution in [3.8, 4) is 39.9 Å². The molecule has 0 unspecified atom stereocenters. The number of thiophene rings is 1. The van der Waals surface area contributed by atoms with E-state index < -0.39 is 0 Å². The van der Waals surface area contributed by atoms with E-state index in [1.165, 1.54) is 11.3 Å². The fourth-order valence-electron chi connectivity index (χ4n) is 8.48. The predicted octanol–water partition coefficient (Wildman–Crippen LogP) is 0.175. The summed E-state index contributed by atoms with van der Waals surface area (Å²) < 4.78 is 9.79. The summed E-state index contributed by atoms with van der Waals surface area (Å²) in [6, 6.07) is 31.4. The Kier molecular flexibility index (Phi) is 8.57. The highest BCUT2D eigenvalue weighted by molar-refractivity contribution is 7.28. The molecule has 0 aliphatic heterocycles. The predicted molar refractivity (Wildman–Crippen MR) is 265 cm³/mol. The molecule has 61 heavy (non-hydrogen) atoms. The number of aromatic nitrogens is 4. The highest BCUT2D eigenvalue weighted by atomic mass is 32.1. The zero-order valence-corrected chi connectivity index (χ0v) is 32.9. The van der Waals surface area contributed by atoms with Crippen molar-refractivity contribution in [1.82, 2.24) is 19.5 Å². The summed E-state index contributed by atoms with van der Waals surface area (Å²) in [7, 11) is 66.6. The van der Waals surface area contributed by atoms with Gasteiger partial charge in [-0.3, -0.25) is 0 Å². The van der Waals surface area contributed by atoms with E-state index in [9.17, 15) is 0 Å². The van der Waals surface area contributed by atoms with Crippen LogP contribution in [0.3, 0.4) is 0 Å². The highest BCUT2D eigenvalue weighted by Gasteiger charge is 2.26. The minimum Gasteiger partial charge on any atom is -0.456 e. The average Bonchev–Trinajstić information content (AvgIpc) is 3.98. The molecule has 258 valence electrons. The number of hydrogen-bond acceptors (Lipinski definition) is 5. The second-order valence-electron chi connectivity index (χ2n) is 15.0. The zero-order chi connectivity index (χ0) is 42.2. The van der Waals surface area contributed by atoms with Crippen molar-refractivity contribution in [3.05, 3.63) is 97.1 Å². The van der Waals surface area contributed by atoms with Crippen LogP contribution < -0.4 is 54.6 Å². The summed E-state index contributed by atoms with van der Waals surface area (Å²) in [5.74, 6) is 1.61. The standard InChI is InChI=1S/C45H16B10N4OS/c46-29-25-28-40(36(53)31(48)26-27-30(47)33(50)35(52)38(55)42(27)61-41(26)28)59(39(25)37(54)34(51)32(29)49)20-12-14-22-21-13-11-19(15-23(21)60-24(22)16-20)45-57-43(17-7-3-1-4-8-17)56-44(58-45)18-9-5-2-6-10-18/h1-16H. The van der Waals surface area contributed by atoms with Gasteiger partial charge in [-0.15, -0.1) is 33.2 Å². The van der Waals surface area contributed by atoms with Crippen molar-refractivity contribution in [1.29, 1.82) is 0 Å². The van der Waals surface area contributed by atoms with E-state index in [2.05, 4.69) is 0 Å². The van der Waals surface area contributed by atoms with Crippen LogP contribution >= 0.6 is 11.3 Å². The molecule has 0 saturated heterocycles. The quantitative estimate of drug-likeness (QED) is 0.240. The number of hydrogen-bond donors (Lipinski definition) is 0. The van der Waals surface area contributed by atoms with Gasteiger partial charge < -0.3 is 8.98 Å². The first-order chi connectivity index (χ1) is 29.4. The molecule has 20 radical (unpaired) electrons. The molecule has 16 heteroatoms. The minimum atomic E-state index is 0.128. The molecule has 0 atom stereocenters. The Morgan fingerprint density at radius 2 is 0.852 bits per heavy atom. The van der Waals surface area contributed by atoms with Gasteiger partial charge >= 0.3 is 0 Å². The van der Waals surface area contributed by atoms with Gasteiger partial charge in [-0.1, -0.05) is 99.5 Å². The van der Waals surface area contributed by atoms with Crippen molar-refractivity contribution < 1.29 is 4.42 Å². The van der Waals surface area contributed by atoms with Crippen molar-refractivity contribution in [3.63, 3.8) is 0 Å². The van der Waals surface area contributed by atoms with Gasteiger partial charge in [0.25, 0.3) is 0 Å². The first-order valence-electron chi connectivity index (χ1n) is 19.0. The van der Waals surface area contributed by atoms with Crippen LogP contribution in [0.2, 0.25) is 0 Å². The van der Waals surface area contributed by atoms with Crippen LogP contribution in [-0.2, 0) is 0 Å². The van der Waals surface area contributed by atoms with E-state index in [-0.39, 0.29) is 54.6 Å². The molecule has 0 aliphatic carbocycles. The number of rotatable bonds is 4. The summed E-state index contributed by atoms with van der Waals surface area (Å²) in [5, 5.41) is 4.01. The monoisotopic (exact) mass is 770 g/mol. The molecule has 0 spiro atoms. The molecule has 0 bridgehead atoms. The number of furan rings is 1. The van der Waals surface area contributed by atoms with Crippen LogP contribution in [0.25, 0.3) is 104 Å². The second-order valence-corrected chi connectivity index (χ2v) is 16.0. The molecule has 4 aromatic heterocycles. The maximum absolute atomic E-state index is 7.06. The summed E-state index contributed by atoms with van der Waals surface area (Å²) in [6.45, 7) is 0. The van der Waals surface area contributed by atoms with Crippen LogP contribution in [0.4, 0.5) is 0 Å². The molecule has 0 saturated carbocycles. The summed E-state index contributed by atoms with van der Waals surface area (Å²) in [4.78, 5) is 14.6. The Hall–Kier alpha value is -5.98. The van der Waals surface area contributed by atoms with Gasteiger partial charge in [0.1, 0.15) is 89.6 Å². The van der Waals surface area contributed by atoms with E-state index in [1.54, 1.807) is 0 Å². The van der Waals surface area contributed by atoms with Gasteiger partial charge in [-0.25, -0.2) is 15.0 Å². The third kappa shape index (κ3) is 5.43. The lowest BCUT2D eigenvalue weighted by atomic mass is 9.64. The Bertz CT molecular complexity index is 3660. The van der Waals surface area contributed by atoms with E-state index >= 15 is 0 Å². The lowest BCUT2D eigenvalue weighted by Gasteiger charge is -2.17. The molecule has 0 aliphatic rings. The molecular weight excluding hydrogens is 753 g/mol. The third-order valence-corrected chi connectivity index (χ3v) is 12.8. The van der Waals surface area contributed by atoms with E-state index in [0.29, 0.717) is 76.3 Å². The van der Waals surface area contributed by atoms with E-state index in [0.717, 1.165) is 27.5 Å². The lowest BCUT2D eigenvalue weighted by Crippen LogP contribution is -2.48. The fraction of sp³-hybridized carbons (Fsp3) is 0. The molecule has 0 fully saturated rings. The molecule has 0 amide bonds. The Morgan fingerprint density at radius 1 is 0.393 bits per heavy atom. The van der Waals surface area contributed by atoms with Crippen LogP contribution in [0.5, 0.6) is 0 Å². The first kappa shape index (κ1) is 38.0. The van der Waals surface area contributed by atoms with E-state index in [1.807, 2.05) is 102 Å². The molecule has 11 rings (SSSR count). The van der Waals surface area contributed by atoms with Gasteiger partial charge in [0.2, 0.25) is 0 Å². The molecular formula is C45H16B10N4OS. The van der Waals surface area contributed by atoms with Crippen LogP contribution in [0, 0.1) is 0 Å². The molecule has 5 nitrogen and oxygen atoms in total. The van der Waals surface area contributed by atoms with Gasteiger partial charge in [0.05, 0.1) is 0 Å². The summed E-state index contributed by atoms with van der Waals surface area (Å²) in [5.41, 5.74) is 7.35. The Labute approximate surface area is 367 Å². The Morgan fingerprint density at radius 3 is 1.48 bits per heavy atom. The third-order valence-electron chi connectivity index (χ3n) is 11.6. The summed E-state index contributed by atoms with van der Waals surface area (Å²) >= 11 is 1.34. The highest BCUT2D eigenvalue weighted by Crippen LogP contribution is 2.41. The SMILES string of the molecule is [B]c1c([B])c([B])c2c(sc3c2c([B])c([B])c2c3c3c([B])c([B])c([B])c([B])c3n2-c2ccc3c(c2)oc2cc(-c4nc(-c5ccccc5)nc(-c5ccccc5)n4)ccc23)c1[B]. The van der Waals surface area contributed by atoms with Gasteiger partial charge in [-0.05, 0) is 35.0 Å². The minimum absolute atomic E-state index is 0.128. The van der Waals surface area contributed by atoms with Gasteiger partial charge in [-0.2, -0.15) is 0 Å². The molecule has 4 heterocycles. The molecule has 0 N–H and O–H groups in total. The second kappa shape index (κ2) is 13.8. The van der Waals surface area contributed by atoms with Crippen LogP contribution in [0.15, 0.2) is 101 Å². The number of fused-ring (bicyclic) bond motifs is 10. The van der Waals surface area contributed by atoms with Crippen LogP contribution in [-0.4, -0.2) is 98.0 Å². The smallest absolute Gasteiger partial charge is 0.164 e. The molecule has 7 aromatic carbocycles. The van der Waals surface area contributed by atoms with Crippen molar-refractivity contribution >= 4 is 208 Å². The lowest BCUT2D eigenvalue weighted by molar-refractivity contribution is 0.668. The van der Waals surface area contributed by atoms with Crippen molar-refractivity contribution in [2.24, 2.45) is 0 Å². The van der Waals surface area contributed by atoms with Gasteiger partial charge in [0.15, 0.2) is 17.5 Å². The summed E-state index contributed by atoms with van der Waals surface area (Å²) in [6.07, 6.45) is 0. The number of benzene rings is 7.